The van der Waals surface area contributed by atoms with Crippen LogP contribution in [-0.4, -0.2) is 64.3 Å². The van der Waals surface area contributed by atoms with Gasteiger partial charge in [0.1, 0.15) is 5.69 Å². The van der Waals surface area contributed by atoms with Crippen LogP contribution in [0.1, 0.15) is 27.4 Å². The van der Waals surface area contributed by atoms with E-state index in [2.05, 4.69) is 25.5 Å². The van der Waals surface area contributed by atoms with Crippen LogP contribution in [0, 0.1) is 0 Å². The number of carbonyl (C=O) groups is 1. The van der Waals surface area contributed by atoms with E-state index in [9.17, 15) is 18.0 Å². The Morgan fingerprint density at radius 2 is 1.97 bits per heavy atom. The summed E-state index contributed by atoms with van der Waals surface area (Å²) in [6, 6.07) is 10.2. The minimum absolute atomic E-state index is 0.178. The van der Waals surface area contributed by atoms with Gasteiger partial charge in [0, 0.05) is 54.5 Å². The van der Waals surface area contributed by atoms with Gasteiger partial charge in [-0.15, -0.1) is 0 Å². The number of ether oxygens (including phenoxy) is 1. The molecule has 4 aromatic rings. The molecule has 1 aromatic carbocycles. The Kier molecular flexibility index (Phi) is 6.09. The van der Waals surface area contributed by atoms with Crippen LogP contribution in [0.15, 0.2) is 54.9 Å². The summed E-state index contributed by atoms with van der Waals surface area (Å²) in [5, 5.41) is 10.7. The Morgan fingerprint density at radius 1 is 1.17 bits per heavy atom. The third-order valence-corrected chi connectivity index (χ3v) is 6.38. The number of halogens is 3. The number of rotatable bonds is 5. The number of benzene rings is 1. The molecule has 1 amide bonds. The average Bonchev–Trinajstić information content (AvgIpc) is 3.46. The zero-order valence-electron chi connectivity index (χ0n) is 19.5. The predicted octanol–water partition coefficient (Wildman–Crippen LogP) is 3.87. The van der Waals surface area contributed by atoms with Crippen molar-refractivity contribution in [3.8, 4) is 17.1 Å². The molecule has 1 fully saturated rings. The number of amides is 1. The number of likely N-dealkylation sites (N-methyl/N-ethyl adjacent to an activating group) is 1. The number of nitrogens with zero attached hydrogens (tertiary/aromatic N) is 4. The Labute approximate surface area is 204 Å². The van der Waals surface area contributed by atoms with Crippen LogP contribution in [0.25, 0.3) is 22.3 Å². The molecule has 5 rings (SSSR count). The standard InChI is InChI=1S/C25H23F3N6O2/c1-34-12-18(16-5-3-4-6-19(16)25(26,27)28)20(13-34)31-24(35)15-9-17-22(32-33-23(17)30-11-15)14-7-8-29-21(10-14)36-2/h3-11,18,20H,12-13H2,1-2H3,(H,31,35)(H,30,32,33)/t18-,20+/m1/s1. The molecular weight excluding hydrogens is 473 g/mol. The first-order chi connectivity index (χ1) is 17.2. The third kappa shape index (κ3) is 4.49. The van der Waals surface area contributed by atoms with Crippen molar-refractivity contribution in [2.24, 2.45) is 0 Å². The van der Waals surface area contributed by atoms with Crippen molar-refractivity contribution in [3.05, 3.63) is 71.5 Å². The number of alkyl halides is 3. The van der Waals surface area contributed by atoms with Gasteiger partial charge in [-0.25, -0.2) is 9.97 Å². The number of methoxy groups -OCH3 is 1. The number of H-pyrrole nitrogens is 1. The van der Waals surface area contributed by atoms with E-state index in [0.717, 1.165) is 11.6 Å². The maximum Gasteiger partial charge on any atom is 0.416 e. The van der Waals surface area contributed by atoms with E-state index >= 15 is 0 Å². The van der Waals surface area contributed by atoms with Crippen LogP contribution < -0.4 is 10.1 Å². The van der Waals surface area contributed by atoms with E-state index in [1.54, 1.807) is 30.5 Å². The van der Waals surface area contributed by atoms with Gasteiger partial charge >= 0.3 is 6.18 Å². The lowest BCUT2D eigenvalue weighted by atomic mass is 9.90. The van der Waals surface area contributed by atoms with Crippen molar-refractivity contribution in [2.75, 3.05) is 27.2 Å². The molecule has 0 radical (unpaired) electrons. The molecule has 11 heteroatoms. The van der Waals surface area contributed by atoms with Gasteiger partial charge in [0.15, 0.2) is 5.65 Å². The number of fused-ring (bicyclic) bond motifs is 1. The van der Waals surface area contributed by atoms with Gasteiger partial charge in [-0.05, 0) is 30.8 Å². The fourth-order valence-corrected chi connectivity index (χ4v) is 4.71. The van der Waals surface area contributed by atoms with E-state index in [0.29, 0.717) is 35.7 Å². The molecule has 0 unspecified atom stereocenters. The number of carbonyl (C=O) groups excluding carboxylic acids is 1. The van der Waals surface area contributed by atoms with Crippen molar-refractivity contribution in [1.29, 1.82) is 0 Å². The predicted molar refractivity (Wildman–Crippen MR) is 127 cm³/mol. The summed E-state index contributed by atoms with van der Waals surface area (Å²) in [6.07, 6.45) is -1.47. The molecule has 2 N–H and O–H groups in total. The van der Waals surface area contributed by atoms with Crippen LogP contribution in [0.2, 0.25) is 0 Å². The van der Waals surface area contributed by atoms with Crippen molar-refractivity contribution < 1.29 is 22.7 Å². The fourth-order valence-electron chi connectivity index (χ4n) is 4.71. The number of hydrogen-bond donors (Lipinski definition) is 2. The molecule has 0 aliphatic carbocycles. The minimum atomic E-state index is -4.48. The minimum Gasteiger partial charge on any atom is -0.481 e. The highest BCUT2D eigenvalue weighted by Gasteiger charge is 2.40. The van der Waals surface area contributed by atoms with Gasteiger partial charge in [0.05, 0.1) is 18.2 Å². The second kappa shape index (κ2) is 9.23. The molecular formula is C25H23F3N6O2. The van der Waals surface area contributed by atoms with Gasteiger partial charge < -0.3 is 15.0 Å². The average molecular weight is 496 g/mol. The van der Waals surface area contributed by atoms with Crippen molar-refractivity contribution in [2.45, 2.75) is 18.1 Å². The highest BCUT2D eigenvalue weighted by Crippen LogP contribution is 2.38. The van der Waals surface area contributed by atoms with Gasteiger partial charge in [0.25, 0.3) is 5.91 Å². The number of nitrogens with one attached hydrogen (secondary N) is 2. The summed E-state index contributed by atoms with van der Waals surface area (Å²) >= 11 is 0. The van der Waals surface area contributed by atoms with Crippen LogP contribution in [-0.2, 0) is 6.18 Å². The molecule has 1 aliphatic rings. The number of aromatic nitrogens is 4. The Balaban J connectivity index is 1.44. The first kappa shape index (κ1) is 23.7. The molecule has 0 bridgehead atoms. The Bertz CT molecular complexity index is 1420. The van der Waals surface area contributed by atoms with E-state index in [4.69, 9.17) is 4.74 Å². The van der Waals surface area contributed by atoms with Gasteiger partial charge in [0.2, 0.25) is 5.88 Å². The van der Waals surface area contributed by atoms with Crippen molar-refractivity contribution in [3.63, 3.8) is 0 Å². The number of hydrogen-bond acceptors (Lipinski definition) is 6. The van der Waals surface area contributed by atoms with Crippen LogP contribution in [0.5, 0.6) is 5.88 Å². The summed E-state index contributed by atoms with van der Waals surface area (Å²) in [6.45, 7) is 0.817. The van der Waals surface area contributed by atoms with Crippen LogP contribution in [0.3, 0.4) is 0 Å². The highest BCUT2D eigenvalue weighted by molar-refractivity contribution is 6.00. The molecule has 4 heterocycles. The summed E-state index contributed by atoms with van der Waals surface area (Å²) in [4.78, 5) is 23.6. The maximum atomic E-state index is 13.7. The number of likely N-dealkylation sites (tertiary alicyclic amines) is 1. The summed E-state index contributed by atoms with van der Waals surface area (Å²) in [7, 11) is 3.34. The second-order valence-electron chi connectivity index (χ2n) is 8.77. The fraction of sp³-hybridized carbons (Fsp3) is 0.280. The van der Waals surface area contributed by atoms with Gasteiger partial charge in [-0.1, -0.05) is 18.2 Å². The Hall–Kier alpha value is -3.99. The van der Waals surface area contributed by atoms with E-state index in [1.165, 1.54) is 25.4 Å². The van der Waals surface area contributed by atoms with Gasteiger partial charge in [-0.2, -0.15) is 18.3 Å². The zero-order valence-corrected chi connectivity index (χ0v) is 19.5. The molecule has 1 saturated heterocycles. The lowest BCUT2D eigenvalue weighted by Gasteiger charge is -2.23. The molecule has 3 aromatic heterocycles. The lowest BCUT2D eigenvalue weighted by Crippen LogP contribution is -2.40. The SMILES string of the molecule is COc1cc(-c2n[nH]c3ncc(C(=O)N[C@H]4CN(C)C[C@@H]4c4ccccc4C(F)(F)F)cc23)ccn1. The molecule has 2 atom stereocenters. The van der Waals surface area contributed by atoms with E-state index < -0.39 is 29.6 Å². The van der Waals surface area contributed by atoms with E-state index in [1.807, 2.05) is 11.9 Å². The van der Waals surface area contributed by atoms with Crippen LogP contribution >= 0.6 is 0 Å². The monoisotopic (exact) mass is 496 g/mol. The molecule has 0 saturated carbocycles. The molecule has 186 valence electrons. The first-order valence-corrected chi connectivity index (χ1v) is 11.2. The highest BCUT2D eigenvalue weighted by atomic mass is 19.4. The molecule has 1 aliphatic heterocycles. The first-order valence-electron chi connectivity index (χ1n) is 11.2. The molecule has 8 nitrogen and oxygen atoms in total. The topological polar surface area (TPSA) is 96.0 Å². The van der Waals surface area contributed by atoms with Gasteiger partial charge in [-0.3, -0.25) is 9.89 Å². The number of pyridine rings is 2. The second-order valence-corrected chi connectivity index (χ2v) is 8.77. The quantitative estimate of drug-likeness (QED) is 0.436. The third-order valence-electron chi connectivity index (χ3n) is 6.38. The van der Waals surface area contributed by atoms with Crippen molar-refractivity contribution >= 4 is 16.9 Å². The summed E-state index contributed by atoms with van der Waals surface area (Å²) in [5.41, 5.74) is 1.58. The molecule has 0 spiro atoms. The van der Waals surface area contributed by atoms with Crippen molar-refractivity contribution in [1.82, 2.24) is 30.4 Å². The molecule has 36 heavy (non-hydrogen) atoms. The van der Waals surface area contributed by atoms with E-state index in [-0.39, 0.29) is 11.1 Å². The lowest BCUT2D eigenvalue weighted by molar-refractivity contribution is -0.138. The van der Waals surface area contributed by atoms with Crippen LogP contribution in [0.4, 0.5) is 13.2 Å². The number of aromatic amines is 1. The maximum absolute atomic E-state index is 13.7. The summed E-state index contributed by atoms with van der Waals surface area (Å²) in [5.74, 6) is -0.512. The smallest absolute Gasteiger partial charge is 0.416 e. The summed E-state index contributed by atoms with van der Waals surface area (Å²) < 4.78 is 46.2. The normalized spacial score (nSPS) is 18.5. The largest absolute Gasteiger partial charge is 0.481 e. The Morgan fingerprint density at radius 3 is 2.75 bits per heavy atom. The zero-order chi connectivity index (χ0) is 25.4.